The van der Waals surface area contributed by atoms with Gasteiger partial charge >= 0.3 is 6.18 Å². The van der Waals surface area contributed by atoms with Crippen LogP contribution in [-0.2, 0) is 4.79 Å². The Morgan fingerprint density at radius 2 is 1.73 bits per heavy atom. The molecule has 1 amide bonds. The van der Waals surface area contributed by atoms with Crippen LogP contribution >= 0.6 is 24.0 Å². The molecule has 0 aliphatic carbocycles. The van der Waals surface area contributed by atoms with E-state index < -0.39 is 12.2 Å². The summed E-state index contributed by atoms with van der Waals surface area (Å²) in [5.74, 6) is 0.595. The first-order chi connectivity index (χ1) is 11.6. The van der Waals surface area contributed by atoms with Gasteiger partial charge in [-0.15, -0.1) is 24.0 Å². The Bertz CT molecular complexity index is 452. The Hall–Kier alpha value is -0.780. The van der Waals surface area contributed by atoms with E-state index in [1.807, 2.05) is 25.7 Å². The van der Waals surface area contributed by atoms with E-state index in [-0.39, 0.29) is 42.3 Å². The van der Waals surface area contributed by atoms with Gasteiger partial charge in [0.25, 0.3) is 0 Å². The highest BCUT2D eigenvalue weighted by Crippen LogP contribution is 2.25. The number of piperazine rings is 1. The molecule has 0 aromatic heterocycles. The van der Waals surface area contributed by atoms with Gasteiger partial charge in [-0.3, -0.25) is 14.7 Å². The molecule has 0 saturated carbocycles. The Labute approximate surface area is 171 Å². The number of hydrogen-bond acceptors (Lipinski definition) is 3. The molecule has 0 aromatic rings. The van der Waals surface area contributed by atoms with E-state index in [0.717, 1.165) is 0 Å². The number of rotatable bonds is 6. The van der Waals surface area contributed by atoms with E-state index in [1.165, 1.54) is 11.8 Å². The molecule has 0 aromatic carbocycles. The van der Waals surface area contributed by atoms with Gasteiger partial charge in [0.05, 0.1) is 6.54 Å². The third-order valence-corrected chi connectivity index (χ3v) is 4.02. The number of carbonyl (C=O) groups excluding carboxylic acids is 1. The molecule has 154 valence electrons. The highest BCUT2D eigenvalue weighted by molar-refractivity contribution is 14.0. The summed E-state index contributed by atoms with van der Waals surface area (Å²) in [6, 6.07) is -1.35. The van der Waals surface area contributed by atoms with Crippen molar-refractivity contribution in [3.05, 3.63) is 0 Å². The van der Waals surface area contributed by atoms with Gasteiger partial charge in [-0.05, 0) is 27.7 Å². The average Bonchev–Trinajstić information content (AvgIpc) is 2.52. The average molecular weight is 493 g/mol. The highest BCUT2D eigenvalue weighted by Gasteiger charge is 2.41. The first-order valence-electron chi connectivity index (χ1n) is 8.78. The number of alkyl halides is 3. The minimum atomic E-state index is -4.20. The van der Waals surface area contributed by atoms with Crippen LogP contribution in [0.3, 0.4) is 0 Å². The summed E-state index contributed by atoms with van der Waals surface area (Å²) in [5.41, 5.74) is 0. The molecule has 1 rings (SSSR count). The van der Waals surface area contributed by atoms with Gasteiger partial charge < -0.3 is 15.5 Å². The van der Waals surface area contributed by atoms with Crippen molar-refractivity contribution in [3.63, 3.8) is 0 Å². The van der Waals surface area contributed by atoms with Crippen molar-refractivity contribution >= 4 is 35.8 Å². The third-order valence-electron chi connectivity index (χ3n) is 4.02. The Kier molecular flexibility index (Phi) is 11.5. The zero-order valence-corrected chi connectivity index (χ0v) is 18.2. The molecule has 1 saturated heterocycles. The number of amides is 1. The predicted molar refractivity (Wildman–Crippen MR) is 108 cm³/mol. The zero-order valence-electron chi connectivity index (χ0n) is 15.9. The van der Waals surface area contributed by atoms with Crippen molar-refractivity contribution in [2.75, 3.05) is 39.3 Å². The molecule has 1 heterocycles. The highest BCUT2D eigenvalue weighted by atomic mass is 127. The van der Waals surface area contributed by atoms with Crippen LogP contribution < -0.4 is 10.6 Å². The van der Waals surface area contributed by atoms with Crippen molar-refractivity contribution in [1.29, 1.82) is 0 Å². The fourth-order valence-electron chi connectivity index (χ4n) is 2.61. The molecule has 1 aliphatic heterocycles. The van der Waals surface area contributed by atoms with Crippen molar-refractivity contribution < 1.29 is 18.0 Å². The van der Waals surface area contributed by atoms with Gasteiger partial charge in [0.15, 0.2) is 5.96 Å². The number of halogens is 4. The molecular weight excluding hydrogens is 462 g/mol. The van der Waals surface area contributed by atoms with Crippen molar-refractivity contribution in [2.45, 2.75) is 52.4 Å². The summed E-state index contributed by atoms with van der Waals surface area (Å²) >= 11 is 0. The lowest BCUT2D eigenvalue weighted by Gasteiger charge is -2.39. The Morgan fingerprint density at radius 3 is 2.19 bits per heavy atom. The maximum absolute atomic E-state index is 12.8. The smallest absolute Gasteiger partial charge is 0.357 e. The summed E-state index contributed by atoms with van der Waals surface area (Å²) in [4.78, 5) is 19.5. The fourth-order valence-corrected chi connectivity index (χ4v) is 2.61. The van der Waals surface area contributed by atoms with E-state index in [2.05, 4.69) is 15.6 Å². The van der Waals surface area contributed by atoms with Crippen LogP contribution in [0.5, 0.6) is 0 Å². The first-order valence-corrected chi connectivity index (χ1v) is 8.78. The van der Waals surface area contributed by atoms with Crippen molar-refractivity contribution in [2.24, 2.45) is 4.99 Å². The molecule has 2 N–H and O–H groups in total. The predicted octanol–water partition coefficient (Wildman–Crippen LogP) is 2.05. The van der Waals surface area contributed by atoms with Crippen LogP contribution in [0.15, 0.2) is 4.99 Å². The number of aliphatic imine (C=N–C) groups is 1. The second kappa shape index (κ2) is 11.8. The number of nitrogens with one attached hydrogen (secondary N) is 2. The Morgan fingerprint density at radius 1 is 1.15 bits per heavy atom. The molecule has 1 aliphatic rings. The summed E-state index contributed by atoms with van der Waals surface area (Å²) < 4.78 is 38.4. The lowest BCUT2D eigenvalue weighted by atomic mass is 10.2. The van der Waals surface area contributed by atoms with Crippen LogP contribution in [0, 0.1) is 0 Å². The lowest BCUT2D eigenvalue weighted by Crippen LogP contribution is -2.56. The maximum atomic E-state index is 12.8. The second-order valence-corrected chi connectivity index (χ2v) is 6.45. The van der Waals surface area contributed by atoms with Gasteiger partial charge in [0, 0.05) is 45.2 Å². The van der Waals surface area contributed by atoms with E-state index >= 15 is 0 Å². The molecule has 1 fully saturated rings. The molecule has 10 heteroatoms. The van der Waals surface area contributed by atoms with Crippen LogP contribution in [0.1, 0.15) is 34.1 Å². The summed E-state index contributed by atoms with van der Waals surface area (Å²) in [7, 11) is 0. The van der Waals surface area contributed by atoms with Crippen molar-refractivity contribution in [1.82, 2.24) is 20.4 Å². The molecule has 1 atom stereocenters. The summed E-state index contributed by atoms with van der Waals surface area (Å²) in [5, 5.41) is 5.95. The van der Waals surface area contributed by atoms with Gasteiger partial charge in [0.1, 0.15) is 6.04 Å². The van der Waals surface area contributed by atoms with Gasteiger partial charge in [-0.2, -0.15) is 13.2 Å². The number of guanidine groups is 1. The van der Waals surface area contributed by atoms with Gasteiger partial charge in [0.2, 0.25) is 5.91 Å². The van der Waals surface area contributed by atoms with E-state index in [9.17, 15) is 18.0 Å². The van der Waals surface area contributed by atoms with Crippen LogP contribution in [0.25, 0.3) is 0 Å². The molecule has 6 nitrogen and oxygen atoms in total. The van der Waals surface area contributed by atoms with E-state index in [4.69, 9.17) is 0 Å². The molecule has 0 spiro atoms. The zero-order chi connectivity index (χ0) is 19.0. The first kappa shape index (κ1) is 25.2. The molecule has 26 heavy (non-hydrogen) atoms. The third kappa shape index (κ3) is 8.74. The second-order valence-electron chi connectivity index (χ2n) is 6.45. The van der Waals surface area contributed by atoms with Gasteiger partial charge in [-0.1, -0.05) is 0 Å². The normalized spacial score (nSPS) is 17.7. The number of carbonyl (C=O) groups is 1. The summed E-state index contributed by atoms with van der Waals surface area (Å²) in [6.45, 7) is 9.55. The number of hydrogen-bond donors (Lipinski definition) is 2. The molecule has 0 bridgehead atoms. The van der Waals surface area contributed by atoms with Crippen molar-refractivity contribution in [3.8, 4) is 0 Å². The standard InChI is InChI=1S/C16H30F3N5O.HI/c1-5-20-15(21-7-6-14(25)22-12(2)3)24-10-8-23(9-11-24)13(4)16(17,18)19;/h12-13H,5-11H2,1-4H3,(H,20,21)(H,22,25);1H. The van der Waals surface area contributed by atoms with E-state index in [1.54, 1.807) is 0 Å². The maximum Gasteiger partial charge on any atom is 0.403 e. The summed E-state index contributed by atoms with van der Waals surface area (Å²) in [6.07, 6.45) is -3.91. The van der Waals surface area contributed by atoms with Gasteiger partial charge in [-0.25, -0.2) is 0 Å². The molecular formula is C16H31F3IN5O. The molecule has 1 unspecified atom stereocenters. The number of nitrogens with zero attached hydrogens (tertiary/aromatic N) is 3. The largest absolute Gasteiger partial charge is 0.403 e. The van der Waals surface area contributed by atoms with Crippen LogP contribution in [0.2, 0.25) is 0 Å². The fraction of sp³-hybridized carbons (Fsp3) is 0.875. The SMILES string of the molecule is CCNC(=NCCC(=O)NC(C)C)N1CCN(C(C)C(F)(F)F)CC1.I. The topological polar surface area (TPSA) is 60.0 Å². The van der Waals surface area contributed by atoms with Crippen LogP contribution in [0.4, 0.5) is 13.2 Å². The lowest BCUT2D eigenvalue weighted by molar-refractivity contribution is -0.181. The monoisotopic (exact) mass is 493 g/mol. The Balaban J connectivity index is 0.00000625. The quantitative estimate of drug-likeness (QED) is 0.338. The minimum absolute atomic E-state index is 0. The van der Waals surface area contributed by atoms with E-state index in [0.29, 0.717) is 45.2 Å². The minimum Gasteiger partial charge on any atom is -0.357 e. The van der Waals surface area contributed by atoms with Crippen LogP contribution in [-0.4, -0.2) is 79.2 Å². The molecule has 0 radical (unpaired) electrons.